The van der Waals surface area contributed by atoms with Crippen LogP contribution in [-0.4, -0.2) is 15.6 Å². The topological polar surface area (TPSA) is 24.1 Å². The molecule has 0 radical (unpaired) electrons. The van der Waals surface area contributed by atoms with Crippen LogP contribution in [0.4, 0.5) is 0 Å². The zero-order valence-electron chi connectivity index (χ0n) is 8.85. The third-order valence-corrected chi connectivity index (χ3v) is 3.40. The molecule has 1 saturated heterocycles. The Morgan fingerprint density at radius 3 is 2.43 bits per heavy atom. The standard InChI is InChI=1S/C10H18N2S2/c1-3-4-5-6-7-10(2)8(13)11-9(14)12-10/h3-7H2,1-2H3,(H2,11,12,13,14). The maximum Gasteiger partial charge on any atom is 0.171 e. The van der Waals surface area contributed by atoms with Gasteiger partial charge in [-0.05, 0) is 25.6 Å². The van der Waals surface area contributed by atoms with Crippen LogP contribution in [0.3, 0.4) is 0 Å². The predicted molar refractivity (Wildman–Crippen MR) is 68.6 cm³/mol. The van der Waals surface area contributed by atoms with E-state index in [1.54, 1.807) is 0 Å². The summed E-state index contributed by atoms with van der Waals surface area (Å²) in [7, 11) is 0. The van der Waals surface area contributed by atoms with E-state index in [0.29, 0.717) is 5.11 Å². The van der Waals surface area contributed by atoms with E-state index in [9.17, 15) is 0 Å². The lowest BCUT2D eigenvalue weighted by Gasteiger charge is -2.22. The van der Waals surface area contributed by atoms with Crippen LogP contribution in [0, 0.1) is 0 Å². The van der Waals surface area contributed by atoms with E-state index in [0.717, 1.165) is 11.4 Å². The van der Waals surface area contributed by atoms with E-state index in [1.165, 1.54) is 25.7 Å². The molecule has 0 aromatic carbocycles. The van der Waals surface area contributed by atoms with Crippen molar-refractivity contribution in [1.29, 1.82) is 0 Å². The molecule has 0 spiro atoms. The molecule has 0 saturated carbocycles. The van der Waals surface area contributed by atoms with Crippen LogP contribution in [0.5, 0.6) is 0 Å². The quantitative estimate of drug-likeness (QED) is 0.560. The number of thiocarbonyl (C=S) groups is 2. The molecule has 2 N–H and O–H groups in total. The first-order chi connectivity index (χ1) is 6.58. The van der Waals surface area contributed by atoms with Crippen LogP contribution in [-0.2, 0) is 0 Å². The largest absolute Gasteiger partial charge is 0.351 e. The van der Waals surface area contributed by atoms with Crippen LogP contribution >= 0.6 is 24.4 Å². The van der Waals surface area contributed by atoms with E-state index in [-0.39, 0.29) is 5.54 Å². The van der Waals surface area contributed by atoms with Gasteiger partial charge in [0.1, 0.15) is 4.99 Å². The molecule has 1 aliphatic rings. The predicted octanol–water partition coefficient (Wildman–Crippen LogP) is 2.52. The van der Waals surface area contributed by atoms with Crippen LogP contribution in [0.15, 0.2) is 0 Å². The zero-order chi connectivity index (χ0) is 10.6. The van der Waals surface area contributed by atoms with Gasteiger partial charge in [-0.3, -0.25) is 0 Å². The number of hydrogen-bond donors (Lipinski definition) is 2. The summed E-state index contributed by atoms with van der Waals surface area (Å²) in [6.45, 7) is 4.34. The molecule has 0 bridgehead atoms. The van der Waals surface area contributed by atoms with Gasteiger partial charge in [0.2, 0.25) is 0 Å². The summed E-state index contributed by atoms with van der Waals surface area (Å²) in [5.41, 5.74) is -0.0971. The van der Waals surface area contributed by atoms with Crippen molar-refractivity contribution < 1.29 is 0 Å². The molecule has 1 aliphatic heterocycles. The molecule has 1 atom stereocenters. The third kappa shape index (κ3) is 2.89. The summed E-state index contributed by atoms with van der Waals surface area (Å²) in [5, 5.41) is 6.91. The van der Waals surface area contributed by atoms with Crippen LogP contribution in [0.25, 0.3) is 0 Å². The Morgan fingerprint density at radius 1 is 1.21 bits per heavy atom. The van der Waals surface area contributed by atoms with Crippen LogP contribution < -0.4 is 10.6 Å². The minimum absolute atomic E-state index is 0.0971. The molecule has 80 valence electrons. The second-order valence-electron chi connectivity index (χ2n) is 4.05. The normalized spacial score (nSPS) is 26.1. The van der Waals surface area contributed by atoms with Gasteiger partial charge in [0.25, 0.3) is 0 Å². The minimum atomic E-state index is -0.0971. The van der Waals surface area contributed by atoms with E-state index in [1.807, 2.05) is 0 Å². The van der Waals surface area contributed by atoms with Crippen molar-refractivity contribution in [2.24, 2.45) is 0 Å². The molecule has 1 fully saturated rings. The molecule has 14 heavy (non-hydrogen) atoms. The average molecular weight is 230 g/mol. The minimum Gasteiger partial charge on any atom is -0.351 e. The number of unbranched alkanes of at least 4 members (excludes halogenated alkanes) is 3. The summed E-state index contributed by atoms with van der Waals surface area (Å²) in [6.07, 6.45) is 6.13. The zero-order valence-corrected chi connectivity index (χ0v) is 10.5. The average Bonchev–Trinajstić information content (AvgIpc) is 2.36. The molecule has 0 aromatic rings. The highest BCUT2D eigenvalue weighted by Gasteiger charge is 2.35. The van der Waals surface area contributed by atoms with Gasteiger partial charge in [0, 0.05) is 0 Å². The molecule has 2 nitrogen and oxygen atoms in total. The van der Waals surface area contributed by atoms with Crippen molar-refractivity contribution in [3.63, 3.8) is 0 Å². The van der Waals surface area contributed by atoms with Crippen molar-refractivity contribution in [2.45, 2.75) is 51.5 Å². The van der Waals surface area contributed by atoms with Gasteiger partial charge in [0.15, 0.2) is 5.11 Å². The lowest BCUT2D eigenvalue weighted by molar-refractivity contribution is 0.490. The summed E-state index contributed by atoms with van der Waals surface area (Å²) in [4.78, 5) is 0.846. The first kappa shape index (κ1) is 11.9. The number of nitrogens with one attached hydrogen (secondary N) is 2. The van der Waals surface area contributed by atoms with Gasteiger partial charge >= 0.3 is 0 Å². The summed E-state index contributed by atoms with van der Waals surface area (Å²) in [6, 6.07) is 0. The third-order valence-electron chi connectivity index (χ3n) is 2.65. The van der Waals surface area contributed by atoms with Gasteiger partial charge in [-0.2, -0.15) is 0 Å². The fraction of sp³-hybridized carbons (Fsp3) is 0.800. The lowest BCUT2D eigenvalue weighted by atomic mass is 9.95. The highest BCUT2D eigenvalue weighted by molar-refractivity contribution is 7.82. The fourth-order valence-corrected chi connectivity index (χ4v) is 2.31. The molecular weight excluding hydrogens is 212 g/mol. The van der Waals surface area contributed by atoms with Crippen molar-refractivity contribution in [1.82, 2.24) is 10.6 Å². The van der Waals surface area contributed by atoms with Crippen LogP contribution in [0.2, 0.25) is 0 Å². The monoisotopic (exact) mass is 230 g/mol. The van der Waals surface area contributed by atoms with Gasteiger partial charge < -0.3 is 10.6 Å². The molecule has 1 rings (SSSR count). The summed E-state index contributed by atoms with van der Waals surface area (Å²) < 4.78 is 0. The lowest BCUT2D eigenvalue weighted by Crippen LogP contribution is -2.42. The van der Waals surface area contributed by atoms with Crippen molar-refractivity contribution in [3.8, 4) is 0 Å². The maximum atomic E-state index is 5.25. The van der Waals surface area contributed by atoms with Gasteiger partial charge in [-0.1, -0.05) is 44.8 Å². The van der Waals surface area contributed by atoms with Crippen molar-refractivity contribution in [2.75, 3.05) is 0 Å². The number of hydrogen-bond acceptors (Lipinski definition) is 2. The Labute approximate surface area is 96.8 Å². The second kappa shape index (κ2) is 5.03. The van der Waals surface area contributed by atoms with Gasteiger partial charge in [-0.25, -0.2) is 0 Å². The van der Waals surface area contributed by atoms with Gasteiger partial charge in [0.05, 0.1) is 5.54 Å². The fourth-order valence-electron chi connectivity index (χ4n) is 1.66. The smallest absolute Gasteiger partial charge is 0.171 e. The maximum absolute atomic E-state index is 5.25. The molecule has 1 heterocycles. The molecular formula is C10H18N2S2. The Balaban J connectivity index is 2.35. The number of rotatable bonds is 5. The Kier molecular flexibility index (Phi) is 4.26. The highest BCUT2D eigenvalue weighted by Crippen LogP contribution is 2.19. The van der Waals surface area contributed by atoms with Crippen LogP contribution in [0.1, 0.15) is 46.0 Å². The SMILES string of the molecule is CCCCCCC1(C)NC(=S)NC1=S. The van der Waals surface area contributed by atoms with E-state index < -0.39 is 0 Å². The van der Waals surface area contributed by atoms with E-state index in [4.69, 9.17) is 24.4 Å². The Hall–Kier alpha value is -0.220. The molecule has 0 amide bonds. The summed E-state index contributed by atoms with van der Waals surface area (Å²) in [5.74, 6) is 0. The molecule has 0 aliphatic carbocycles. The van der Waals surface area contributed by atoms with Crippen molar-refractivity contribution in [3.05, 3.63) is 0 Å². The van der Waals surface area contributed by atoms with Crippen molar-refractivity contribution >= 4 is 34.5 Å². The first-order valence-electron chi connectivity index (χ1n) is 5.22. The Bertz CT molecular complexity index is 240. The van der Waals surface area contributed by atoms with Gasteiger partial charge in [-0.15, -0.1) is 0 Å². The highest BCUT2D eigenvalue weighted by atomic mass is 32.1. The Morgan fingerprint density at radius 2 is 1.93 bits per heavy atom. The van der Waals surface area contributed by atoms with E-state index in [2.05, 4.69) is 24.5 Å². The molecule has 0 aromatic heterocycles. The second-order valence-corrected chi connectivity index (χ2v) is 4.87. The first-order valence-corrected chi connectivity index (χ1v) is 6.04. The summed E-state index contributed by atoms with van der Waals surface area (Å²) >= 11 is 10.3. The molecule has 1 unspecified atom stereocenters. The molecule has 4 heteroatoms. The van der Waals surface area contributed by atoms with E-state index >= 15 is 0 Å².